The molecular formula is C12H18BrN. The molecule has 78 valence electrons. The molecular weight excluding hydrogens is 238 g/mol. The first-order chi connectivity index (χ1) is 6.65. The van der Waals surface area contributed by atoms with E-state index in [0.717, 1.165) is 4.47 Å². The van der Waals surface area contributed by atoms with Crippen molar-refractivity contribution in [2.75, 3.05) is 0 Å². The Morgan fingerprint density at radius 2 is 1.86 bits per heavy atom. The molecule has 0 aromatic heterocycles. The highest BCUT2D eigenvalue weighted by Crippen LogP contribution is 2.24. The van der Waals surface area contributed by atoms with Gasteiger partial charge in [-0.1, -0.05) is 48.3 Å². The monoisotopic (exact) mass is 255 g/mol. The molecule has 0 saturated heterocycles. The molecule has 2 heteroatoms. The summed E-state index contributed by atoms with van der Waals surface area (Å²) in [5.74, 6) is 0.557. The van der Waals surface area contributed by atoms with Gasteiger partial charge in [0.25, 0.3) is 0 Å². The molecule has 0 amide bonds. The third-order valence-electron chi connectivity index (χ3n) is 2.61. The summed E-state index contributed by atoms with van der Waals surface area (Å²) in [6.07, 6.45) is 2.39. The number of hydrogen-bond acceptors (Lipinski definition) is 1. The lowest BCUT2D eigenvalue weighted by molar-refractivity contribution is 0.433. The summed E-state index contributed by atoms with van der Waals surface area (Å²) >= 11 is 3.42. The van der Waals surface area contributed by atoms with Crippen molar-refractivity contribution >= 4 is 15.9 Å². The van der Waals surface area contributed by atoms with Crippen molar-refractivity contribution < 1.29 is 0 Å². The topological polar surface area (TPSA) is 26.0 Å². The molecule has 1 rings (SSSR count). The first-order valence-electron chi connectivity index (χ1n) is 5.16. The summed E-state index contributed by atoms with van der Waals surface area (Å²) in [5, 5.41) is 0. The van der Waals surface area contributed by atoms with Crippen molar-refractivity contribution in [3.63, 3.8) is 0 Å². The van der Waals surface area contributed by atoms with Gasteiger partial charge < -0.3 is 5.73 Å². The summed E-state index contributed by atoms with van der Waals surface area (Å²) in [4.78, 5) is 0. The van der Waals surface area contributed by atoms with Gasteiger partial charge in [0, 0.05) is 10.5 Å². The molecule has 1 aromatic carbocycles. The van der Waals surface area contributed by atoms with Gasteiger partial charge in [-0.05, 0) is 30.0 Å². The van der Waals surface area contributed by atoms with E-state index in [0.29, 0.717) is 5.92 Å². The van der Waals surface area contributed by atoms with Crippen molar-refractivity contribution in [2.45, 2.75) is 32.7 Å². The molecule has 0 aliphatic carbocycles. The average molecular weight is 256 g/mol. The van der Waals surface area contributed by atoms with Crippen LogP contribution in [0.1, 0.15) is 38.3 Å². The van der Waals surface area contributed by atoms with Gasteiger partial charge in [-0.3, -0.25) is 0 Å². The molecule has 1 aromatic rings. The Hall–Kier alpha value is -0.340. The van der Waals surface area contributed by atoms with Gasteiger partial charge in [-0.15, -0.1) is 0 Å². The van der Waals surface area contributed by atoms with Crippen LogP contribution in [0.4, 0.5) is 0 Å². The fourth-order valence-corrected chi connectivity index (χ4v) is 1.91. The summed E-state index contributed by atoms with van der Waals surface area (Å²) in [7, 11) is 0. The van der Waals surface area contributed by atoms with E-state index in [9.17, 15) is 0 Å². The number of nitrogens with two attached hydrogens (primary N) is 1. The molecule has 0 heterocycles. The van der Waals surface area contributed by atoms with Crippen LogP contribution in [0.2, 0.25) is 0 Å². The Bertz CT molecular complexity index is 268. The lowest BCUT2D eigenvalue weighted by Crippen LogP contribution is -2.18. The molecule has 0 spiro atoms. The van der Waals surface area contributed by atoms with Crippen molar-refractivity contribution in [2.24, 2.45) is 11.7 Å². The predicted octanol–water partition coefficient (Wildman–Crippen LogP) is 3.89. The maximum absolute atomic E-state index is 6.16. The van der Waals surface area contributed by atoms with E-state index in [2.05, 4.69) is 41.9 Å². The number of hydrogen-bond donors (Lipinski definition) is 1. The van der Waals surface area contributed by atoms with Crippen LogP contribution in [-0.4, -0.2) is 0 Å². The van der Waals surface area contributed by atoms with Crippen LogP contribution in [0.5, 0.6) is 0 Å². The lowest BCUT2D eigenvalue weighted by Gasteiger charge is -2.19. The van der Waals surface area contributed by atoms with E-state index >= 15 is 0 Å². The summed E-state index contributed by atoms with van der Waals surface area (Å²) in [5.41, 5.74) is 7.39. The zero-order valence-electron chi connectivity index (χ0n) is 8.83. The zero-order chi connectivity index (χ0) is 10.6. The molecule has 0 fully saturated rings. The number of rotatable bonds is 4. The molecule has 0 bridgehead atoms. The standard InChI is InChI=1S/C12H18BrN/c1-3-4-9(2)12(14)10-5-7-11(13)8-6-10/h5-9,12H,3-4,14H2,1-2H3. The smallest absolute Gasteiger partial charge is 0.0320 e. The van der Waals surface area contributed by atoms with Crippen LogP contribution in [0.15, 0.2) is 28.7 Å². The van der Waals surface area contributed by atoms with Crippen LogP contribution in [0, 0.1) is 5.92 Å². The second-order valence-electron chi connectivity index (χ2n) is 3.84. The van der Waals surface area contributed by atoms with E-state index in [1.54, 1.807) is 0 Å². The van der Waals surface area contributed by atoms with E-state index in [1.165, 1.54) is 18.4 Å². The van der Waals surface area contributed by atoms with Crippen molar-refractivity contribution in [3.05, 3.63) is 34.3 Å². The second kappa shape index (κ2) is 5.52. The normalized spacial score (nSPS) is 15.1. The Labute approximate surface area is 94.8 Å². The molecule has 2 N–H and O–H groups in total. The minimum atomic E-state index is 0.169. The minimum Gasteiger partial charge on any atom is -0.324 e. The Morgan fingerprint density at radius 1 is 1.29 bits per heavy atom. The molecule has 0 aliphatic rings. The van der Waals surface area contributed by atoms with Crippen molar-refractivity contribution in [1.82, 2.24) is 0 Å². The van der Waals surface area contributed by atoms with E-state index in [4.69, 9.17) is 5.73 Å². The highest BCUT2D eigenvalue weighted by Gasteiger charge is 2.13. The minimum absolute atomic E-state index is 0.169. The molecule has 0 saturated carbocycles. The van der Waals surface area contributed by atoms with Crippen LogP contribution in [0.3, 0.4) is 0 Å². The Morgan fingerprint density at radius 3 is 2.36 bits per heavy atom. The molecule has 0 aliphatic heterocycles. The highest BCUT2D eigenvalue weighted by atomic mass is 79.9. The molecule has 0 radical (unpaired) electrons. The summed E-state index contributed by atoms with van der Waals surface area (Å²) in [6, 6.07) is 8.46. The lowest BCUT2D eigenvalue weighted by atomic mass is 9.92. The van der Waals surface area contributed by atoms with Gasteiger partial charge in [0.2, 0.25) is 0 Å². The quantitative estimate of drug-likeness (QED) is 0.869. The third-order valence-corrected chi connectivity index (χ3v) is 3.14. The van der Waals surface area contributed by atoms with Gasteiger partial charge >= 0.3 is 0 Å². The van der Waals surface area contributed by atoms with E-state index in [-0.39, 0.29) is 6.04 Å². The maximum atomic E-state index is 6.16. The van der Waals surface area contributed by atoms with Gasteiger partial charge in [0.1, 0.15) is 0 Å². The Kier molecular flexibility index (Phi) is 4.63. The van der Waals surface area contributed by atoms with Gasteiger partial charge in [0.15, 0.2) is 0 Å². The van der Waals surface area contributed by atoms with Crippen molar-refractivity contribution in [1.29, 1.82) is 0 Å². The van der Waals surface area contributed by atoms with E-state index in [1.807, 2.05) is 12.1 Å². The van der Waals surface area contributed by atoms with Crippen LogP contribution in [-0.2, 0) is 0 Å². The Balaban J connectivity index is 2.68. The molecule has 1 nitrogen and oxygen atoms in total. The average Bonchev–Trinajstić information content (AvgIpc) is 2.18. The summed E-state index contributed by atoms with van der Waals surface area (Å²) < 4.78 is 1.11. The fraction of sp³-hybridized carbons (Fsp3) is 0.500. The van der Waals surface area contributed by atoms with Crippen LogP contribution < -0.4 is 5.73 Å². The molecule has 14 heavy (non-hydrogen) atoms. The van der Waals surface area contributed by atoms with Crippen LogP contribution >= 0.6 is 15.9 Å². The first-order valence-corrected chi connectivity index (χ1v) is 5.95. The second-order valence-corrected chi connectivity index (χ2v) is 4.76. The van der Waals surface area contributed by atoms with E-state index < -0.39 is 0 Å². The molecule has 2 unspecified atom stereocenters. The van der Waals surface area contributed by atoms with Gasteiger partial charge in [-0.2, -0.15) is 0 Å². The predicted molar refractivity (Wildman–Crippen MR) is 65.1 cm³/mol. The maximum Gasteiger partial charge on any atom is 0.0320 e. The fourth-order valence-electron chi connectivity index (χ4n) is 1.65. The SMILES string of the molecule is CCCC(C)C(N)c1ccc(Br)cc1. The third kappa shape index (κ3) is 3.10. The summed E-state index contributed by atoms with van der Waals surface area (Å²) in [6.45, 7) is 4.42. The number of benzene rings is 1. The number of halogens is 1. The van der Waals surface area contributed by atoms with Crippen LogP contribution in [0.25, 0.3) is 0 Å². The molecule has 2 atom stereocenters. The van der Waals surface area contributed by atoms with Crippen molar-refractivity contribution in [3.8, 4) is 0 Å². The highest BCUT2D eigenvalue weighted by molar-refractivity contribution is 9.10. The zero-order valence-corrected chi connectivity index (χ0v) is 10.4. The van der Waals surface area contributed by atoms with Gasteiger partial charge in [-0.25, -0.2) is 0 Å². The first kappa shape index (κ1) is 11.7. The van der Waals surface area contributed by atoms with Gasteiger partial charge in [0.05, 0.1) is 0 Å². The largest absolute Gasteiger partial charge is 0.324 e.